The Kier molecular flexibility index (Phi) is 3.53. The Bertz CT molecular complexity index is 831. The number of carboxylic acid groups (broad SMARTS) is 1. The van der Waals surface area contributed by atoms with E-state index in [4.69, 9.17) is 0 Å². The SMILES string of the molecule is Cc1cc(Sc2ncnc3ccccc23)c(C(=O)O)cn1. The molecule has 104 valence electrons. The first-order chi connectivity index (χ1) is 10.1. The van der Waals surface area contributed by atoms with Crippen molar-refractivity contribution in [3.8, 4) is 0 Å². The monoisotopic (exact) mass is 297 g/mol. The van der Waals surface area contributed by atoms with Gasteiger partial charge in [0, 0.05) is 22.2 Å². The summed E-state index contributed by atoms with van der Waals surface area (Å²) in [5.41, 5.74) is 1.77. The fourth-order valence-electron chi connectivity index (χ4n) is 1.95. The van der Waals surface area contributed by atoms with Gasteiger partial charge in [-0.15, -0.1) is 0 Å². The average molecular weight is 297 g/mol. The lowest BCUT2D eigenvalue weighted by atomic mass is 10.2. The minimum atomic E-state index is -0.997. The number of carbonyl (C=O) groups is 1. The van der Waals surface area contributed by atoms with Crippen LogP contribution in [0.3, 0.4) is 0 Å². The molecule has 21 heavy (non-hydrogen) atoms. The first-order valence-corrected chi connectivity index (χ1v) is 7.04. The zero-order valence-electron chi connectivity index (χ0n) is 11.1. The third-order valence-electron chi connectivity index (χ3n) is 2.95. The summed E-state index contributed by atoms with van der Waals surface area (Å²) in [5, 5.41) is 10.9. The van der Waals surface area contributed by atoms with Crippen molar-refractivity contribution in [1.82, 2.24) is 15.0 Å². The topological polar surface area (TPSA) is 76.0 Å². The summed E-state index contributed by atoms with van der Waals surface area (Å²) in [6.07, 6.45) is 2.86. The van der Waals surface area contributed by atoms with Gasteiger partial charge in [0.2, 0.25) is 0 Å². The predicted octanol–water partition coefficient (Wildman–Crippen LogP) is 3.18. The molecule has 0 bridgehead atoms. The van der Waals surface area contributed by atoms with Crippen LogP contribution in [0.5, 0.6) is 0 Å². The second-order valence-electron chi connectivity index (χ2n) is 4.43. The van der Waals surface area contributed by atoms with Crippen LogP contribution in [0.2, 0.25) is 0 Å². The Balaban J connectivity index is 2.11. The van der Waals surface area contributed by atoms with Gasteiger partial charge in [-0.3, -0.25) is 4.98 Å². The van der Waals surface area contributed by atoms with E-state index in [1.165, 1.54) is 24.3 Å². The van der Waals surface area contributed by atoms with E-state index < -0.39 is 5.97 Å². The van der Waals surface area contributed by atoms with Gasteiger partial charge in [-0.05, 0) is 19.1 Å². The molecule has 1 N–H and O–H groups in total. The van der Waals surface area contributed by atoms with Crippen LogP contribution in [0.1, 0.15) is 16.1 Å². The van der Waals surface area contributed by atoms with Crippen LogP contribution < -0.4 is 0 Å². The van der Waals surface area contributed by atoms with E-state index in [2.05, 4.69) is 15.0 Å². The number of para-hydroxylation sites is 1. The number of aromatic nitrogens is 3. The first-order valence-electron chi connectivity index (χ1n) is 6.22. The van der Waals surface area contributed by atoms with Gasteiger partial charge < -0.3 is 5.11 Å². The van der Waals surface area contributed by atoms with Gasteiger partial charge in [0.05, 0.1) is 11.1 Å². The van der Waals surface area contributed by atoms with Crippen LogP contribution in [-0.4, -0.2) is 26.0 Å². The number of hydrogen-bond acceptors (Lipinski definition) is 5. The highest BCUT2D eigenvalue weighted by Gasteiger charge is 2.14. The molecule has 0 unspecified atom stereocenters. The Morgan fingerprint density at radius 3 is 2.81 bits per heavy atom. The molecule has 2 heterocycles. The fraction of sp³-hybridized carbons (Fsp3) is 0.0667. The molecule has 2 aromatic heterocycles. The summed E-state index contributed by atoms with van der Waals surface area (Å²) in [7, 11) is 0. The van der Waals surface area contributed by atoms with Gasteiger partial charge in [0.25, 0.3) is 0 Å². The average Bonchev–Trinajstić information content (AvgIpc) is 2.47. The van der Waals surface area contributed by atoms with E-state index in [-0.39, 0.29) is 5.56 Å². The quantitative estimate of drug-likeness (QED) is 0.748. The van der Waals surface area contributed by atoms with Crippen molar-refractivity contribution in [2.75, 3.05) is 0 Å². The van der Waals surface area contributed by atoms with E-state index in [1.807, 2.05) is 31.2 Å². The van der Waals surface area contributed by atoms with Gasteiger partial charge in [0.15, 0.2) is 0 Å². The van der Waals surface area contributed by atoms with Crippen LogP contribution in [0.4, 0.5) is 0 Å². The number of nitrogens with zero attached hydrogens (tertiary/aromatic N) is 3. The van der Waals surface area contributed by atoms with Crippen molar-refractivity contribution in [3.63, 3.8) is 0 Å². The maximum absolute atomic E-state index is 11.3. The molecule has 0 saturated heterocycles. The normalized spacial score (nSPS) is 10.7. The maximum atomic E-state index is 11.3. The number of benzene rings is 1. The Hall–Kier alpha value is -2.47. The maximum Gasteiger partial charge on any atom is 0.338 e. The first kappa shape index (κ1) is 13.5. The fourth-order valence-corrected chi connectivity index (χ4v) is 3.02. The van der Waals surface area contributed by atoms with Crippen LogP contribution >= 0.6 is 11.8 Å². The lowest BCUT2D eigenvalue weighted by Gasteiger charge is -2.07. The van der Waals surface area contributed by atoms with Crippen LogP contribution in [0, 0.1) is 6.92 Å². The molecular formula is C15H11N3O2S. The van der Waals surface area contributed by atoms with Gasteiger partial charge >= 0.3 is 5.97 Å². The lowest BCUT2D eigenvalue weighted by molar-refractivity contribution is 0.0692. The molecule has 0 aliphatic carbocycles. The van der Waals surface area contributed by atoms with Crippen molar-refractivity contribution in [1.29, 1.82) is 0 Å². The predicted molar refractivity (Wildman–Crippen MR) is 79.6 cm³/mol. The molecule has 0 fully saturated rings. The minimum absolute atomic E-state index is 0.174. The minimum Gasteiger partial charge on any atom is -0.478 e. The molecule has 3 rings (SSSR count). The van der Waals surface area contributed by atoms with Crippen molar-refractivity contribution >= 4 is 28.6 Å². The largest absolute Gasteiger partial charge is 0.478 e. The summed E-state index contributed by atoms with van der Waals surface area (Å²) in [4.78, 5) is 24.4. The zero-order valence-corrected chi connectivity index (χ0v) is 12.0. The Morgan fingerprint density at radius 1 is 1.19 bits per heavy atom. The second-order valence-corrected chi connectivity index (χ2v) is 5.46. The van der Waals surface area contributed by atoms with Gasteiger partial charge in [-0.1, -0.05) is 30.0 Å². The van der Waals surface area contributed by atoms with E-state index in [0.29, 0.717) is 4.90 Å². The number of carboxylic acids is 1. The molecule has 0 aliphatic rings. The molecule has 0 aliphatic heterocycles. The number of hydrogen-bond donors (Lipinski definition) is 1. The molecule has 6 heteroatoms. The van der Waals surface area contributed by atoms with Gasteiger partial charge in [0.1, 0.15) is 11.4 Å². The zero-order chi connectivity index (χ0) is 14.8. The van der Waals surface area contributed by atoms with Crippen molar-refractivity contribution < 1.29 is 9.90 Å². The van der Waals surface area contributed by atoms with Crippen molar-refractivity contribution in [3.05, 3.63) is 54.1 Å². The summed E-state index contributed by atoms with van der Waals surface area (Å²) in [6.45, 7) is 1.83. The molecule has 0 atom stereocenters. The molecule has 0 amide bonds. The Labute approximate surface area is 125 Å². The van der Waals surface area contributed by atoms with Crippen LogP contribution in [0.15, 0.2) is 52.8 Å². The molecule has 3 aromatic rings. The molecule has 0 spiro atoms. The van der Waals surface area contributed by atoms with Crippen LogP contribution in [0.25, 0.3) is 10.9 Å². The molecule has 1 aromatic carbocycles. The van der Waals surface area contributed by atoms with E-state index in [1.54, 1.807) is 6.07 Å². The highest BCUT2D eigenvalue weighted by Crippen LogP contribution is 2.33. The smallest absolute Gasteiger partial charge is 0.338 e. The Morgan fingerprint density at radius 2 is 2.00 bits per heavy atom. The van der Waals surface area contributed by atoms with E-state index in [9.17, 15) is 9.90 Å². The van der Waals surface area contributed by atoms with E-state index >= 15 is 0 Å². The number of aromatic carboxylic acids is 1. The number of pyridine rings is 1. The lowest BCUT2D eigenvalue weighted by Crippen LogP contribution is -2.01. The van der Waals surface area contributed by atoms with Crippen molar-refractivity contribution in [2.45, 2.75) is 16.8 Å². The highest BCUT2D eigenvalue weighted by atomic mass is 32.2. The molecule has 0 saturated carbocycles. The molecule has 0 radical (unpaired) electrons. The number of aryl methyl sites for hydroxylation is 1. The molecule has 5 nitrogen and oxygen atoms in total. The standard InChI is InChI=1S/C15H11N3O2S/c1-9-6-13(11(7-16-9)15(19)20)21-14-10-4-2-3-5-12(10)17-8-18-14/h2-8H,1H3,(H,19,20). The van der Waals surface area contributed by atoms with E-state index in [0.717, 1.165) is 21.6 Å². The van der Waals surface area contributed by atoms with Crippen molar-refractivity contribution in [2.24, 2.45) is 0 Å². The van der Waals surface area contributed by atoms with Gasteiger partial charge in [-0.25, -0.2) is 14.8 Å². The third kappa shape index (κ3) is 2.71. The summed E-state index contributed by atoms with van der Waals surface area (Å²) in [6, 6.07) is 9.39. The van der Waals surface area contributed by atoms with Crippen LogP contribution in [-0.2, 0) is 0 Å². The third-order valence-corrected chi connectivity index (χ3v) is 4.02. The number of fused-ring (bicyclic) bond motifs is 1. The highest BCUT2D eigenvalue weighted by molar-refractivity contribution is 7.99. The summed E-state index contributed by atoms with van der Waals surface area (Å²) in [5.74, 6) is -0.997. The number of rotatable bonds is 3. The second kappa shape index (κ2) is 5.49. The summed E-state index contributed by atoms with van der Waals surface area (Å²) >= 11 is 1.31. The van der Waals surface area contributed by atoms with Gasteiger partial charge in [-0.2, -0.15) is 0 Å². The molecular weight excluding hydrogens is 286 g/mol. The summed E-state index contributed by atoms with van der Waals surface area (Å²) < 4.78 is 0.